The highest BCUT2D eigenvalue weighted by Gasteiger charge is 2.15. The van der Waals surface area contributed by atoms with Gasteiger partial charge in [-0.3, -0.25) is 4.98 Å². The Bertz CT molecular complexity index is 387. The highest BCUT2D eigenvalue weighted by molar-refractivity contribution is 5.89. The molecular formula is C13H18N2O2. The lowest BCUT2D eigenvalue weighted by molar-refractivity contribution is 0.0600. The summed E-state index contributed by atoms with van der Waals surface area (Å²) in [6, 6.07) is 3.53. The average molecular weight is 234 g/mol. The second-order valence-electron chi connectivity index (χ2n) is 4.42. The summed E-state index contributed by atoms with van der Waals surface area (Å²) in [4.78, 5) is 15.7. The fourth-order valence-corrected chi connectivity index (χ4v) is 2.22. The molecule has 0 aromatic carbocycles. The zero-order valence-electron chi connectivity index (χ0n) is 10.1. The quantitative estimate of drug-likeness (QED) is 0.803. The van der Waals surface area contributed by atoms with Gasteiger partial charge in [0.05, 0.1) is 12.7 Å². The van der Waals surface area contributed by atoms with Crippen LogP contribution in [0.25, 0.3) is 0 Å². The summed E-state index contributed by atoms with van der Waals surface area (Å²) >= 11 is 0. The molecule has 4 nitrogen and oxygen atoms in total. The van der Waals surface area contributed by atoms with Crippen molar-refractivity contribution in [3.8, 4) is 0 Å². The lowest BCUT2D eigenvalue weighted by atomic mass is 9.93. The topological polar surface area (TPSA) is 51.2 Å². The van der Waals surface area contributed by atoms with Crippen LogP contribution in [0, 0.1) is 5.92 Å². The van der Waals surface area contributed by atoms with E-state index in [4.69, 9.17) is 4.74 Å². The second kappa shape index (κ2) is 5.77. The Labute approximate surface area is 101 Å². The summed E-state index contributed by atoms with van der Waals surface area (Å²) in [5, 5.41) is 3.34. The summed E-state index contributed by atoms with van der Waals surface area (Å²) in [6.45, 7) is 2.17. The predicted octanol–water partition coefficient (Wildman–Crippen LogP) is 1.41. The number of methoxy groups -OCH3 is 1. The number of piperidine rings is 1. The van der Waals surface area contributed by atoms with E-state index in [2.05, 4.69) is 10.3 Å². The van der Waals surface area contributed by atoms with Crippen molar-refractivity contribution in [2.75, 3.05) is 20.2 Å². The summed E-state index contributed by atoms with van der Waals surface area (Å²) in [5.41, 5.74) is 1.58. The van der Waals surface area contributed by atoms with Gasteiger partial charge in [-0.2, -0.15) is 0 Å². The molecule has 0 aliphatic carbocycles. The smallest absolute Gasteiger partial charge is 0.337 e. The Kier molecular flexibility index (Phi) is 4.09. The molecule has 1 aromatic heterocycles. The molecule has 2 rings (SSSR count). The molecule has 0 amide bonds. The van der Waals surface area contributed by atoms with Gasteiger partial charge in [0, 0.05) is 11.9 Å². The third-order valence-corrected chi connectivity index (χ3v) is 3.19. The molecule has 1 aliphatic rings. The molecule has 1 aliphatic heterocycles. The Morgan fingerprint density at radius 3 is 3.00 bits per heavy atom. The Morgan fingerprint density at radius 2 is 2.29 bits per heavy atom. The number of carbonyl (C=O) groups excluding carboxylic acids is 1. The van der Waals surface area contributed by atoms with E-state index in [0.29, 0.717) is 11.5 Å². The first-order valence-electron chi connectivity index (χ1n) is 6.03. The van der Waals surface area contributed by atoms with E-state index in [1.54, 1.807) is 12.3 Å². The van der Waals surface area contributed by atoms with Gasteiger partial charge in [0.1, 0.15) is 0 Å². The van der Waals surface area contributed by atoms with Gasteiger partial charge in [-0.05, 0) is 50.4 Å². The van der Waals surface area contributed by atoms with Crippen LogP contribution in [-0.4, -0.2) is 31.2 Å². The van der Waals surface area contributed by atoms with E-state index in [0.717, 1.165) is 25.2 Å². The van der Waals surface area contributed by atoms with Crippen LogP contribution in [0.4, 0.5) is 0 Å². The molecular weight excluding hydrogens is 216 g/mol. The van der Waals surface area contributed by atoms with Crippen molar-refractivity contribution >= 4 is 5.97 Å². The molecule has 1 aromatic rings. The number of carbonyl (C=O) groups is 1. The van der Waals surface area contributed by atoms with E-state index >= 15 is 0 Å². The third-order valence-electron chi connectivity index (χ3n) is 3.19. The van der Waals surface area contributed by atoms with Crippen molar-refractivity contribution < 1.29 is 9.53 Å². The highest BCUT2D eigenvalue weighted by atomic mass is 16.5. The van der Waals surface area contributed by atoms with Gasteiger partial charge in [-0.15, -0.1) is 0 Å². The molecule has 1 saturated heterocycles. The summed E-state index contributed by atoms with van der Waals surface area (Å²) in [5.74, 6) is 0.385. The molecule has 1 fully saturated rings. The number of hydrogen-bond donors (Lipinski definition) is 1. The van der Waals surface area contributed by atoms with E-state index in [-0.39, 0.29) is 5.97 Å². The highest BCUT2D eigenvalue weighted by Crippen LogP contribution is 2.17. The Hall–Kier alpha value is -1.42. The molecule has 1 N–H and O–H groups in total. The minimum atomic E-state index is -0.293. The maximum Gasteiger partial charge on any atom is 0.337 e. The van der Waals surface area contributed by atoms with Gasteiger partial charge < -0.3 is 10.1 Å². The van der Waals surface area contributed by atoms with Crippen LogP contribution in [-0.2, 0) is 11.2 Å². The maximum atomic E-state index is 11.4. The van der Waals surface area contributed by atoms with Crippen molar-refractivity contribution in [2.45, 2.75) is 19.3 Å². The van der Waals surface area contributed by atoms with Gasteiger partial charge in [-0.25, -0.2) is 4.79 Å². The van der Waals surface area contributed by atoms with Crippen LogP contribution in [0.3, 0.4) is 0 Å². The minimum absolute atomic E-state index is 0.293. The number of esters is 1. The van der Waals surface area contributed by atoms with Gasteiger partial charge in [-0.1, -0.05) is 0 Å². The van der Waals surface area contributed by atoms with Crippen molar-refractivity contribution in [3.05, 3.63) is 29.6 Å². The molecule has 0 saturated carbocycles. The standard InChI is InChI=1S/C13H18N2O2/c1-17-13(16)11-4-7-15-12(9-11)8-10-2-5-14-6-3-10/h4,7,9-10,14H,2-3,5-6,8H2,1H3. The van der Waals surface area contributed by atoms with Gasteiger partial charge >= 0.3 is 5.97 Å². The monoisotopic (exact) mass is 234 g/mol. The largest absolute Gasteiger partial charge is 0.465 e. The molecule has 0 radical (unpaired) electrons. The summed E-state index contributed by atoms with van der Waals surface area (Å²) in [7, 11) is 1.40. The first kappa shape index (κ1) is 12.0. The molecule has 0 unspecified atom stereocenters. The van der Waals surface area contributed by atoms with Crippen LogP contribution in [0.5, 0.6) is 0 Å². The van der Waals surface area contributed by atoms with E-state index in [1.165, 1.54) is 20.0 Å². The van der Waals surface area contributed by atoms with Crippen molar-refractivity contribution in [1.29, 1.82) is 0 Å². The number of rotatable bonds is 3. The zero-order valence-corrected chi connectivity index (χ0v) is 10.1. The van der Waals surface area contributed by atoms with Crippen molar-refractivity contribution in [2.24, 2.45) is 5.92 Å². The lowest BCUT2D eigenvalue weighted by Gasteiger charge is -2.22. The first-order chi connectivity index (χ1) is 8.29. The molecule has 0 atom stereocenters. The second-order valence-corrected chi connectivity index (χ2v) is 4.42. The first-order valence-corrected chi connectivity index (χ1v) is 6.03. The van der Waals surface area contributed by atoms with Crippen LogP contribution < -0.4 is 5.32 Å². The molecule has 0 spiro atoms. The van der Waals surface area contributed by atoms with E-state index in [9.17, 15) is 4.79 Å². The van der Waals surface area contributed by atoms with Crippen molar-refractivity contribution in [1.82, 2.24) is 10.3 Å². The Morgan fingerprint density at radius 1 is 1.53 bits per heavy atom. The van der Waals surface area contributed by atoms with Crippen LogP contribution >= 0.6 is 0 Å². The molecule has 0 bridgehead atoms. The number of hydrogen-bond acceptors (Lipinski definition) is 4. The predicted molar refractivity (Wildman–Crippen MR) is 64.9 cm³/mol. The Balaban J connectivity index is 2.02. The fourth-order valence-electron chi connectivity index (χ4n) is 2.22. The van der Waals surface area contributed by atoms with Crippen LogP contribution in [0.15, 0.2) is 18.3 Å². The summed E-state index contributed by atoms with van der Waals surface area (Å²) in [6.07, 6.45) is 5.00. The number of nitrogens with one attached hydrogen (secondary N) is 1. The zero-order chi connectivity index (χ0) is 12.1. The SMILES string of the molecule is COC(=O)c1ccnc(CC2CCNCC2)c1. The maximum absolute atomic E-state index is 11.4. The number of aromatic nitrogens is 1. The van der Waals surface area contributed by atoms with E-state index in [1.807, 2.05) is 6.07 Å². The molecule has 4 heteroatoms. The van der Waals surface area contributed by atoms with E-state index < -0.39 is 0 Å². The minimum Gasteiger partial charge on any atom is -0.465 e. The average Bonchev–Trinajstić information content (AvgIpc) is 2.39. The fraction of sp³-hybridized carbons (Fsp3) is 0.538. The molecule has 2 heterocycles. The number of ether oxygens (including phenoxy) is 1. The molecule has 17 heavy (non-hydrogen) atoms. The third kappa shape index (κ3) is 3.27. The van der Waals surface area contributed by atoms with Crippen molar-refractivity contribution in [3.63, 3.8) is 0 Å². The van der Waals surface area contributed by atoms with Gasteiger partial charge in [0.15, 0.2) is 0 Å². The van der Waals surface area contributed by atoms with Gasteiger partial charge in [0.25, 0.3) is 0 Å². The summed E-state index contributed by atoms with van der Waals surface area (Å²) < 4.78 is 4.70. The van der Waals surface area contributed by atoms with Crippen LogP contribution in [0.1, 0.15) is 28.9 Å². The number of pyridine rings is 1. The van der Waals surface area contributed by atoms with Crippen LogP contribution in [0.2, 0.25) is 0 Å². The van der Waals surface area contributed by atoms with Gasteiger partial charge in [0.2, 0.25) is 0 Å². The molecule has 92 valence electrons. The normalized spacial score (nSPS) is 16.8. The number of nitrogens with zero attached hydrogens (tertiary/aromatic N) is 1. The lowest BCUT2D eigenvalue weighted by Crippen LogP contribution is -2.28.